The summed E-state index contributed by atoms with van der Waals surface area (Å²) in [5.74, 6) is -0.304. The smallest absolute Gasteiger partial charge is 0.255 e. The van der Waals surface area contributed by atoms with E-state index in [-0.39, 0.29) is 27.8 Å². The van der Waals surface area contributed by atoms with Crippen molar-refractivity contribution in [3.8, 4) is 0 Å². The van der Waals surface area contributed by atoms with Crippen molar-refractivity contribution in [3.05, 3.63) is 44.3 Å². The molecule has 0 aliphatic heterocycles. The number of rotatable bonds is 4. The van der Waals surface area contributed by atoms with Gasteiger partial charge in [0.2, 0.25) is 0 Å². The standard InChI is InChI=1S/C12H11Cl2N3OS/c1-2-8(9-4-3-5-19-9)15-12(18)7-6-10(13)16-17-11(7)14/h3-6,8H,2H2,1H3,(H,15,18). The highest BCUT2D eigenvalue weighted by molar-refractivity contribution is 7.10. The molecule has 1 N–H and O–H groups in total. The highest BCUT2D eigenvalue weighted by Crippen LogP contribution is 2.23. The lowest BCUT2D eigenvalue weighted by Gasteiger charge is -2.15. The number of hydrogen-bond acceptors (Lipinski definition) is 4. The van der Waals surface area contributed by atoms with Crippen molar-refractivity contribution in [2.45, 2.75) is 19.4 Å². The van der Waals surface area contributed by atoms with Gasteiger partial charge in [0.25, 0.3) is 5.91 Å². The van der Waals surface area contributed by atoms with E-state index in [9.17, 15) is 4.79 Å². The summed E-state index contributed by atoms with van der Waals surface area (Å²) in [4.78, 5) is 13.3. The molecule has 2 aromatic heterocycles. The minimum atomic E-state index is -0.304. The summed E-state index contributed by atoms with van der Waals surface area (Å²) >= 11 is 13.2. The van der Waals surface area contributed by atoms with Crippen molar-refractivity contribution >= 4 is 40.4 Å². The Morgan fingerprint density at radius 2 is 2.26 bits per heavy atom. The van der Waals surface area contributed by atoms with Crippen LogP contribution in [0.5, 0.6) is 0 Å². The van der Waals surface area contributed by atoms with E-state index in [0.29, 0.717) is 0 Å². The summed E-state index contributed by atoms with van der Waals surface area (Å²) in [6.07, 6.45) is 0.788. The number of amides is 1. The van der Waals surface area contributed by atoms with Gasteiger partial charge in [0.1, 0.15) is 0 Å². The third-order valence-corrected chi connectivity index (χ3v) is 4.01. The predicted octanol–water partition coefficient (Wildman–Crippen LogP) is 3.73. The number of hydrogen-bond donors (Lipinski definition) is 1. The molecule has 0 aliphatic rings. The Hall–Kier alpha value is -1.17. The van der Waals surface area contributed by atoms with Crippen LogP contribution in [0.15, 0.2) is 23.6 Å². The van der Waals surface area contributed by atoms with Gasteiger partial charge in [-0.15, -0.1) is 21.5 Å². The lowest BCUT2D eigenvalue weighted by atomic mass is 10.1. The van der Waals surface area contributed by atoms with E-state index in [4.69, 9.17) is 23.2 Å². The van der Waals surface area contributed by atoms with Crippen LogP contribution in [0.3, 0.4) is 0 Å². The first-order valence-electron chi connectivity index (χ1n) is 5.64. The summed E-state index contributed by atoms with van der Waals surface area (Å²) in [5, 5.41) is 12.3. The molecule has 0 saturated carbocycles. The molecule has 0 aromatic carbocycles. The molecule has 0 saturated heterocycles. The van der Waals surface area contributed by atoms with Crippen LogP contribution < -0.4 is 5.32 Å². The van der Waals surface area contributed by atoms with Crippen molar-refractivity contribution in [3.63, 3.8) is 0 Å². The molecule has 0 aliphatic carbocycles. The number of nitrogens with one attached hydrogen (secondary N) is 1. The van der Waals surface area contributed by atoms with E-state index >= 15 is 0 Å². The van der Waals surface area contributed by atoms with Crippen LogP contribution >= 0.6 is 34.5 Å². The Labute approximate surface area is 124 Å². The maximum atomic E-state index is 12.2. The van der Waals surface area contributed by atoms with Crippen molar-refractivity contribution in [2.24, 2.45) is 0 Å². The van der Waals surface area contributed by atoms with E-state index < -0.39 is 0 Å². The molecule has 1 unspecified atom stereocenters. The zero-order valence-electron chi connectivity index (χ0n) is 10.1. The predicted molar refractivity (Wildman–Crippen MR) is 76.9 cm³/mol. The molecule has 0 radical (unpaired) electrons. The lowest BCUT2D eigenvalue weighted by Crippen LogP contribution is -2.28. The van der Waals surface area contributed by atoms with Crippen LogP contribution in [0.4, 0.5) is 0 Å². The Balaban J connectivity index is 2.18. The van der Waals surface area contributed by atoms with Gasteiger partial charge in [-0.25, -0.2) is 0 Å². The largest absolute Gasteiger partial charge is 0.344 e. The van der Waals surface area contributed by atoms with Crippen molar-refractivity contribution in [1.29, 1.82) is 0 Å². The second-order valence-electron chi connectivity index (χ2n) is 3.82. The molecule has 100 valence electrons. The molecule has 2 rings (SSSR count). The second-order valence-corrected chi connectivity index (χ2v) is 5.55. The molecule has 0 spiro atoms. The monoisotopic (exact) mass is 315 g/mol. The van der Waals surface area contributed by atoms with Crippen molar-refractivity contribution in [2.75, 3.05) is 0 Å². The average Bonchev–Trinajstić information content (AvgIpc) is 2.92. The summed E-state index contributed by atoms with van der Waals surface area (Å²) in [6, 6.07) is 5.30. The summed E-state index contributed by atoms with van der Waals surface area (Å²) in [5.41, 5.74) is 0.233. The van der Waals surface area contributed by atoms with E-state index in [1.165, 1.54) is 6.07 Å². The quantitative estimate of drug-likeness (QED) is 0.935. The van der Waals surface area contributed by atoms with Gasteiger partial charge < -0.3 is 5.32 Å². The fraction of sp³-hybridized carbons (Fsp3) is 0.250. The molecular weight excluding hydrogens is 305 g/mol. The number of thiophene rings is 1. The molecule has 0 fully saturated rings. The topological polar surface area (TPSA) is 54.9 Å². The molecule has 7 heteroatoms. The summed E-state index contributed by atoms with van der Waals surface area (Å²) in [6.45, 7) is 2.00. The highest BCUT2D eigenvalue weighted by atomic mass is 35.5. The van der Waals surface area contributed by atoms with Gasteiger partial charge in [-0.1, -0.05) is 36.2 Å². The number of carbonyl (C=O) groups is 1. The molecule has 2 aromatic rings. The Morgan fingerprint density at radius 1 is 1.47 bits per heavy atom. The number of aromatic nitrogens is 2. The van der Waals surface area contributed by atoms with Gasteiger partial charge in [-0.3, -0.25) is 4.79 Å². The Morgan fingerprint density at radius 3 is 2.89 bits per heavy atom. The summed E-state index contributed by atoms with van der Waals surface area (Å²) in [7, 11) is 0. The minimum Gasteiger partial charge on any atom is -0.344 e. The normalized spacial score (nSPS) is 12.2. The highest BCUT2D eigenvalue weighted by Gasteiger charge is 2.18. The van der Waals surface area contributed by atoms with Gasteiger partial charge in [0.15, 0.2) is 10.3 Å². The molecule has 1 amide bonds. The van der Waals surface area contributed by atoms with E-state index in [1.807, 2.05) is 24.4 Å². The van der Waals surface area contributed by atoms with Gasteiger partial charge in [0, 0.05) is 4.88 Å². The second kappa shape index (κ2) is 6.32. The summed E-state index contributed by atoms with van der Waals surface area (Å²) < 4.78 is 0. The van der Waals surface area contributed by atoms with Crippen LogP contribution in [-0.4, -0.2) is 16.1 Å². The average molecular weight is 316 g/mol. The van der Waals surface area contributed by atoms with Crippen LogP contribution in [0.1, 0.15) is 34.6 Å². The molecule has 1 atom stereocenters. The first-order chi connectivity index (χ1) is 9.11. The molecule has 19 heavy (non-hydrogen) atoms. The maximum Gasteiger partial charge on any atom is 0.255 e. The third-order valence-electron chi connectivity index (χ3n) is 2.56. The van der Waals surface area contributed by atoms with E-state index in [1.54, 1.807) is 11.3 Å². The zero-order valence-corrected chi connectivity index (χ0v) is 12.4. The fourth-order valence-corrected chi connectivity index (χ4v) is 2.80. The van der Waals surface area contributed by atoms with Crippen molar-refractivity contribution < 1.29 is 4.79 Å². The first kappa shape index (κ1) is 14.2. The molecular formula is C12H11Cl2N3OS. The maximum absolute atomic E-state index is 12.2. The SMILES string of the molecule is CCC(NC(=O)c1cc(Cl)nnc1Cl)c1cccs1. The van der Waals surface area contributed by atoms with Crippen LogP contribution in [0, 0.1) is 0 Å². The fourth-order valence-electron chi connectivity index (χ4n) is 1.61. The van der Waals surface area contributed by atoms with Crippen molar-refractivity contribution in [1.82, 2.24) is 15.5 Å². The Kier molecular flexibility index (Phi) is 4.74. The van der Waals surface area contributed by atoms with Gasteiger partial charge in [-0.2, -0.15) is 0 Å². The third kappa shape index (κ3) is 3.43. The van der Waals surface area contributed by atoms with Crippen LogP contribution in [0.2, 0.25) is 10.3 Å². The minimum absolute atomic E-state index is 0.0444. The van der Waals surface area contributed by atoms with Crippen LogP contribution in [0.25, 0.3) is 0 Å². The van der Waals surface area contributed by atoms with Crippen LogP contribution in [-0.2, 0) is 0 Å². The zero-order chi connectivity index (χ0) is 13.8. The molecule has 2 heterocycles. The van der Waals surface area contributed by atoms with E-state index in [2.05, 4.69) is 15.5 Å². The lowest BCUT2D eigenvalue weighted by molar-refractivity contribution is 0.0936. The van der Waals surface area contributed by atoms with Gasteiger partial charge >= 0.3 is 0 Å². The van der Waals surface area contributed by atoms with Gasteiger partial charge in [-0.05, 0) is 23.9 Å². The molecule has 4 nitrogen and oxygen atoms in total. The van der Waals surface area contributed by atoms with E-state index in [0.717, 1.165) is 11.3 Å². The number of carbonyl (C=O) groups excluding carboxylic acids is 1. The Bertz CT molecular complexity index is 574. The van der Waals surface area contributed by atoms with Gasteiger partial charge in [0.05, 0.1) is 11.6 Å². The first-order valence-corrected chi connectivity index (χ1v) is 7.28. The molecule has 0 bridgehead atoms. The number of nitrogens with zero attached hydrogens (tertiary/aromatic N) is 2. The number of halogens is 2.